The molecule has 0 spiro atoms. The Bertz CT molecular complexity index is 266. The highest BCUT2D eigenvalue weighted by atomic mass is 16.3. The van der Waals surface area contributed by atoms with Crippen molar-refractivity contribution in [2.24, 2.45) is 16.7 Å². The lowest BCUT2D eigenvalue weighted by molar-refractivity contribution is 0.475. The van der Waals surface area contributed by atoms with Gasteiger partial charge < -0.3 is 16.7 Å². The van der Waals surface area contributed by atoms with Crippen molar-refractivity contribution in [3.05, 3.63) is 29.8 Å². The second kappa shape index (κ2) is 2.92. The maximum atomic E-state index is 8.90. The lowest BCUT2D eigenvalue weighted by Gasteiger charge is -1.97. The van der Waals surface area contributed by atoms with Gasteiger partial charge in [-0.25, -0.2) is 0 Å². The summed E-state index contributed by atoms with van der Waals surface area (Å²) in [4.78, 5) is 0. The fraction of sp³-hybridized carbons (Fsp3) is 0. The number of rotatable bonds is 1. The predicted molar refractivity (Wildman–Crippen MR) is 43.0 cm³/mol. The molecule has 0 aliphatic carbocycles. The van der Waals surface area contributed by atoms with Gasteiger partial charge in [-0.05, 0) is 24.3 Å². The Morgan fingerprint density at radius 2 is 1.82 bits per heavy atom. The summed E-state index contributed by atoms with van der Waals surface area (Å²) in [6, 6.07) is 6.32. The van der Waals surface area contributed by atoms with E-state index >= 15 is 0 Å². The molecule has 0 heterocycles. The number of hydrogen-bond acceptors (Lipinski definition) is 3. The predicted octanol–water partition coefficient (Wildman–Crippen LogP) is -0.0288. The van der Waals surface area contributed by atoms with Crippen molar-refractivity contribution in [2.45, 2.75) is 0 Å². The van der Waals surface area contributed by atoms with Crippen LogP contribution in [0.4, 0.5) is 0 Å². The Hall–Kier alpha value is -1.71. The number of nitrogens with zero attached hydrogens (tertiary/aromatic N) is 1. The van der Waals surface area contributed by atoms with Crippen LogP contribution in [0, 0.1) is 0 Å². The monoisotopic (exact) mass is 151 g/mol. The van der Waals surface area contributed by atoms with Gasteiger partial charge >= 0.3 is 0 Å². The fourth-order valence-electron chi connectivity index (χ4n) is 0.707. The molecule has 0 fully saturated rings. The molecule has 4 nitrogen and oxygen atoms in total. The van der Waals surface area contributed by atoms with Crippen molar-refractivity contribution in [1.29, 1.82) is 0 Å². The molecule has 1 aromatic rings. The molecule has 0 unspecified atom stereocenters. The van der Waals surface area contributed by atoms with E-state index in [1.807, 2.05) is 0 Å². The molecule has 1 aromatic carbocycles. The summed E-state index contributed by atoms with van der Waals surface area (Å²) in [5, 5.41) is 12.2. The van der Waals surface area contributed by atoms with Gasteiger partial charge in [0.2, 0.25) is 0 Å². The summed E-state index contributed by atoms with van der Waals surface area (Å²) in [6.07, 6.45) is 0. The van der Waals surface area contributed by atoms with Crippen molar-refractivity contribution < 1.29 is 5.11 Å². The van der Waals surface area contributed by atoms with E-state index in [9.17, 15) is 0 Å². The maximum Gasteiger partial charge on any atom is 0.150 e. The number of phenols is 1. The lowest BCUT2D eigenvalue weighted by Crippen LogP contribution is -2.14. The first-order valence-electron chi connectivity index (χ1n) is 3.07. The molecule has 11 heavy (non-hydrogen) atoms. The van der Waals surface area contributed by atoms with Crippen LogP contribution in [0.25, 0.3) is 0 Å². The number of amidine groups is 1. The number of benzene rings is 1. The number of aromatic hydroxyl groups is 1. The first-order valence-corrected chi connectivity index (χ1v) is 3.07. The zero-order valence-corrected chi connectivity index (χ0v) is 5.86. The van der Waals surface area contributed by atoms with E-state index in [1.54, 1.807) is 12.1 Å². The van der Waals surface area contributed by atoms with Gasteiger partial charge in [0.15, 0.2) is 0 Å². The first kappa shape index (κ1) is 7.40. The van der Waals surface area contributed by atoms with Crippen LogP contribution >= 0.6 is 0 Å². The zero-order chi connectivity index (χ0) is 8.27. The van der Waals surface area contributed by atoms with Crippen molar-refractivity contribution in [1.82, 2.24) is 0 Å². The molecule has 4 heteroatoms. The molecule has 0 saturated carbocycles. The molecule has 0 aromatic heterocycles. The molecule has 0 radical (unpaired) electrons. The number of nitrogens with two attached hydrogens (primary N) is 2. The molecule has 0 aliphatic heterocycles. The number of hydrazone groups is 1. The van der Waals surface area contributed by atoms with E-state index in [-0.39, 0.29) is 11.6 Å². The van der Waals surface area contributed by atoms with E-state index in [0.29, 0.717) is 5.56 Å². The molecule has 5 N–H and O–H groups in total. The molecule has 58 valence electrons. The second-order valence-corrected chi connectivity index (χ2v) is 2.06. The largest absolute Gasteiger partial charge is 0.508 e. The first-order chi connectivity index (χ1) is 5.24. The minimum atomic E-state index is 0.193. The Morgan fingerprint density at radius 1 is 1.27 bits per heavy atom. The third-order valence-electron chi connectivity index (χ3n) is 1.30. The Kier molecular flexibility index (Phi) is 1.96. The van der Waals surface area contributed by atoms with E-state index in [0.717, 1.165) is 0 Å². The zero-order valence-electron chi connectivity index (χ0n) is 5.86. The third-order valence-corrected chi connectivity index (χ3v) is 1.30. The van der Waals surface area contributed by atoms with Gasteiger partial charge in [-0.3, -0.25) is 0 Å². The quantitative estimate of drug-likeness (QED) is 0.228. The van der Waals surface area contributed by atoms with Crippen LogP contribution in [0.2, 0.25) is 0 Å². The number of hydrogen-bond donors (Lipinski definition) is 3. The van der Waals surface area contributed by atoms with Gasteiger partial charge in [0.25, 0.3) is 0 Å². The normalized spacial score (nSPS) is 11.5. The van der Waals surface area contributed by atoms with E-state index in [2.05, 4.69) is 5.10 Å². The fourth-order valence-corrected chi connectivity index (χ4v) is 0.707. The molecule has 0 aliphatic rings. The highest BCUT2D eigenvalue weighted by Gasteiger charge is 1.95. The minimum absolute atomic E-state index is 0.193. The molecular formula is C7H9N3O. The van der Waals surface area contributed by atoms with Crippen LogP contribution in [0.1, 0.15) is 5.56 Å². The van der Waals surface area contributed by atoms with Crippen LogP contribution < -0.4 is 11.6 Å². The molecule has 0 bridgehead atoms. The standard InChI is InChI=1S/C7H9N3O/c8-7(10-9)5-1-3-6(11)4-2-5/h1-4,11H,9H2,(H2,8,10). The Labute approximate surface area is 64.1 Å². The van der Waals surface area contributed by atoms with E-state index < -0.39 is 0 Å². The highest BCUT2D eigenvalue weighted by Crippen LogP contribution is 2.08. The average Bonchev–Trinajstić information content (AvgIpc) is 2.05. The van der Waals surface area contributed by atoms with Gasteiger partial charge in [-0.15, -0.1) is 0 Å². The lowest BCUT2D eigenvalue weighted by atomic mass is 10.2. The van der Waals surface area contributed by atoms with Crippen molar-refractivity contribution in [2.75, 3.05) is 0 Å². The smallest absolute Gasteiger partial charge is 0.150 e. The topological polar surface area (TPSA) is 84.6 Å². The van der Waals surface area contributed by atoms with Crippen LogP contribution in [0.3, 0.4) is 0 Å². The van der Waals surface area contributed by atoms with E-state index in [4.69, 9.17) is 16.7 Å². The third kappa shape index (κ3) is 1.61. The second-order valence-electron chi connectivity index (χ2n) is 2.06. The Morgan fingerprint density at radius 3 is 2.27 bits per heavy atom. The Balaban J connectivity index is 2.99. The van der Waals surface area contributed by atoms with Crippen molar-refractivity contribution in [3.63, 3.8) is 0 Å². The molecule has 0 saturated heterocycles. The van der Waals surface area contributed by atoms with Crippen LogP contribution in [0.5, 0.6) is 5.75 Å². The molecule has 0 amide bonds. The van der Waals surface area contributed by atoms with Crippen molar-refractivity contribution >= 4 is 5.84 Å². The van der Waals surface area contributed by atoms with Crippen LogP contribution in [-0.2, 0) is 0 Å². The minimum Gasteiger partial charge on any atom is -0.508 e. The SMILES string of the molecule is N/N=C(/N)c1ccc(O)cc1. The maximum absolute atomic E-state index is 8.90. The van der Waals surface area contributed by atoms with Gasteiger partial charge in [0.1, 0.15) is 11.6 Å². The molecule has 0 atom stereocenters. The average molecular weight is 151 g/mol. The summed E-state index contributed by atoms with van der Waals surface area (Å²) in [5.74, 6) is 5.39. The summed E-state index contributed by atoms with van der Waals surface area (Å²) < 4.78 is 0. The summed E-state index contributed by atoms with van der Waals surface area (Å²) in [7, 11) is 0. The summed E-state index contributed by atoms with van der Waals surface area (Å²) in [6.45, 7) is 0. The van der Waals surface area contributed by atoms with Crippen LogP contribution in [0.15, 0.2) is 29.4 Å². The van der Waals surface area contributed by atoms with E-state index in [1.165, 1.54) is 12.1 Å². The summed E-state index contributed by atoms with van der Waals surface area (Å²) >= 11 is 0. The molecule has 1 rings (SSSR count). The van der Waals surface area contributed by atoms with Gasteiger partial charge in [-0.2, -0.15) is 5.10 Å². The van der Waals surface area contributed by atoms with Crippen LogP contribution in [-0.4, -0.2) is 10.9 Å². The number of phenolic OH excluding ortho intramolecular Hbond substituents is 1. The van der Waals surface area contributed by atoms with Crippen molar-refractivity contribution in [3.8, 4) is 5.75 Å². The van der Waals surface area contributed by atoms with Gasteiger partial charge in [0.05, 0.1) is 0 Å². The van der Waals surface area contributed by atoms with Gasteiger partial charge in [-0.1, -0.05) is 0 Å². The summed E-state index contributed by atoms with van der Waals surface area (Å²) in [5.41, 5.74) is 6.09. The van der Waals surface area contributed by atoms with Gasteiger partial charge in [0, 0.05) is 5.56 Å². The highest BCUT2D eigenvalue weighted by molar-refractivity contribution is 5.97. The molecular weight excluding hydrogens is 142 g/mol.